The molecular formula is C9H18O. The largest absolute Gasteiger partial charge is 0.502 e. The van der Waals surface area contributed by atoms with Crippen LogP contribution in [0.3, 0.4) is 0 Å². The van der Waals surface area contributed by atoms with Gasteiger partial charge in [-0.15, -0.1) is 0 Å². The van der Waals surface area contributed by atoms with Crippen LogP contribution >= 0.6 is 0 Å². The van der Waals surface area contributed by atoms with Crippen molar-refractivity contribution in [1.82, 2.24) is 0 Å². The molecule has 0 fully saturated rings. The molecule has 0 saturated carbocycles. The quantitative estimate of drug-likeness (QED) is 0.409. The van der Waals surface area contributed by atoms with E-state index in [0.29, 0.717) is 0 Å². The van der Waals surface area contributed by atoms with Crippen molar-refractivity contribution in [3.05, 3.63) is 12.3 Å². The van der Waals surface area contributed by atoms with Gasteiger partial charge in [0.2, 0.25) is 0 Å². The minimum Gasteiger partial charge on any atom is -0.502 e. The lowest BCUT2D eigenvalue weighted by atomic mass is 10.2. The van der Waals surface area contributed by atoms with Crippen LogP contribution in [0.25, 0.3) is 0 Å². The van der Waals surface area contributed by atoms with E-state index in [9.17, 15) is 0 Å². The maximum Gasteiger partial charge on any atom is 0.0870 e. The zero-order valence-corrected chi connectivity index (χ0v) is 7.10. The second kappa shape index (κ2) is 8.54. The van der Waals surface area contributed by atoms with Crippen molar-refractivity contribution in [3.8, 4) is 0 Å². The fourth-order valence-electron chi connectivity index (χ4n) is 0.644. The van der Waals surface area contributed by atoms with E-state index >= 15 is 0 Å². The molecule has 60 valence electrons. The van der Waals surface area contributed by atoms with Crippen LogP contribution in [0, 0.1) is 0 Å². The van der Waals surface area contributed by atoms with Crippen molar-refractivity contribution in [2.24, 2.45) is 0 Å². The standard InChI is InChI=1S/C9H18O/c1-3-5-6-7-9-10-8-4-2/h7,9H,3-6,8H2,1-2H3/b9-7+. The molecule has 0 spiro atoms. The molecule has 0 aliphatic heterocycles. The highest BCUT2D eigenvalue weighted by molar-refractivity contribution is 4.72. The highest BCUT2D eigenvalue weighted by Crippen LogP contribution is 1.94. The molecule has 0 rings (SSSR count). The number of rotatable bonds is 6. The zero-order valence-electron chi connectivity index (χ0n) is 7.10. The maximum atomic E-state index is 5.15. The maximum absolute atomic E-state index is 5.15. The average Bonchev–Trinajstić information content (AvgIpc) is 1.97. The van der Waals surface area contributed by atoms with Gasteiger partial charge in [0, 0.05) is 0 Å². The van der Waals surface area contributed by atoms with Crippen molar-refractivity contribution >= 4 is 0 Å². The minimum atomic E-state index is 0.850. The van der Waals surface area contributed by atoms with Gasteiger partial charge in [0.1, 0.15) is 0 Å². The van der Waals surface area contributed by atoms with Crippen LogP contribution in [-0.2, 0) is 4.74 Å². The Labute approximate surface area is 64.1 Å². The van der Waals surface area contributed by atoms with Crippen LogP contribution in [0.5, 0.6) is 0 Å². The molecule has 0 amide bonds. The molecule has 0 aromatic carbocycles. The fraction of sp³-hybridized carbons (Fsp3) is 0.778. The Hall–Kier alpha value is -0.460. The number of unbranched alkanes of at least 4 members (excludes halogenated alkanes) is 2. The Morgan fingerprint density at radius 1 is 1.20 bits per heavy atom. The highest BCUT2D eigenvalue weighted by Gasteiger charge is 1.77. The number of ether oxygens (including phenoxy) is 1. The first-order valence-corrected chi connectivity index (χ1v) is 4.18. The summed E-state index contributed by atoms with van der Waals surface area (Å²) in [5.41, 5.74) is 0. The topological polar surface area (TPSA) is 9.23 Å². The summed E-state index contributed by atoms with van der Waals surface area (Å²) in [6, 6.07) is 0. The average molecular weight is 142 g/mol. The van der Waals surface area contributed by atoms with Gasteiger partial charge in [-0.25, -0.2) is 0 Å². The van der Waals surface area contributed by atoms with Crippen LogP contribution in [0.2, 0.25) is 0 Å². The first-order chi connectivity index (χ1) is 4.91. The molecule has 0 aliphatic rings. The summed E-state index contributed by atoms with van der Waals surface area (Å²) >= 11 is 0. The molecular weight excluding hydrogens is 124 g/mol. The molecule has 1 heteroatoms. The molecule has 0 atom stereocenters. The monoisotopic (exact) mass is 142 g/mol. The molecule has 0 heterocycles. The predicted molar refractivity (Wildman–Crippen MR) is 44.9 cm³/mol. The highest BCUT2D eigenvalue weighted by atomic mass is 16.5. The van der Waals surface area contributed by atoms with Gasteiger partial charge in [-0.3, -0.25) is 0 Å². The number of hydrogen-bond donors (Lipinski definition) is 0. The lowest BCUT2D eigenvalue weighted by molar-refractivity contribution is 0.249. The third-order valence-corrected chi connectivity index (χ3v) is 1.24. The van der Waals surface area contributed by atoms with Gasteiger partial charge in [-0.05, 0) is 25.3 Å². The van der Waals surface area contributed by atoms with Crippen LogP contribution in [0.4, 0.5) is 0 Å². The second-order valence-electron chi connectivity index (χ2n) is 2.38. The third-order valence-electron chi connectivity index (χ3n) is 1.24. The van der Waals surface area contributed by atoms with Crippen molar-refractivity contribution < 1.29 is 4.74 Å². The lowest BCUT2D eigenvalue weighted by Gasteiger charge is -1.94. The summed E-state index contributed by atoms with van der Waals surface area (Å²) in [7, 11) is 0. The molecule has 0 aromatic rings. The van der Waals surface area contributed by atoms with E-state index in [-0.39, 0.29) is 0 Å². The summed E-state index contributed by atoms with van der Waals surface area (Å²) < 4.78 is 5.15. The van der Waals surface area contributed by atoms with E-state index in [1.54, 1.807) is 0 Å². The minimum absolute atomic E-state index is 0.850. The van der Waals surface area contributed by atoms with E-state index in [1.165, 1.54) is 12.8 Å². The number of hydrogen-bond acceptors (Lipinski definition) is 1. The van der Waals surface area contributed by atoms with E-state index in [2.05, 4.69) is 19.9 Å². The molecule has 10 heavy (non-hydrogen) atoms. The van der Waals surface area contributed by atoms with Crippen LogP contribution in [0.15, 0.2) is 12.3 Å². The third kappa shape index (κ3) is 7.54. The molecule has 0 unspecified atom stereocenters. The van der Waals surface area contributed by atoms with E-state index < -0.39 is 0 Å². The first-order valence-electron chi connectivity index (χ1n) is 4.18. The SMILES string of the molecule is CCCC/C=C/OCCC. The van der Waals surface area contributed by atoms with E-state index in [4.69, 9.17) is 4.74 Å². The van der Waals surface area contributed by atoms with Gasteiger partial charge in [0.15, 0.2) is 0 Å². The van der Waals surface area contributed by atoms with Gasteiger partial charge >= 0.3 is 0 Å². The van der Waals surface area contributed by atoms with Gasteiger partial charge in [0.05, 0.1) is 12.9 Å². The summed E-state index contributed by atoms with van der Waals surface area (Å²) in [6.45, 7) is 5.16. The van der Waals surface area contributed by atoms with Crippen molar-refractivity contribution in [3.63, 3.8) is 0 Å². The summed E-state index contributed by atoms with van der Waals surface area (Å²) in [5.74, 6) is 0. The van der Waals surface area contributed by atoms with E-state index in [1.807, 2.05) is 6.26 Å². The van der Waals surface area contributed by atoms with Crippen LogP contribution in [0.1, 0.15) is 39.5 Å². The first kappa shape index (κ1) is 9.54. The van der Waals surface area contributed by atoms with Gasteiger partial charge in [0.25, 0.3) is 0 Å². The Bertz CT molecular complexity index is 66.8. The van der Waals surface area contributed by atoms with Crippen molar-refractivity contribution in [1.29, 1.82) is 0 Å². The predicted octanol–water partition coefficient (Wildman–Crippen LogP) is 3.12. The van der Waals surface area contributed by atoms with Gasteiger partial charge in [-0.2, -0.15) is 0 Å². The fourth-order valence-corrected chi connectivity index (χ4v) is 0.644. The summed E-state index contributed by atoms with van der Waals surface area (Å²) in [6.07, 6.45) is 8.70. The molecule has 0 radical (unpaired) electrons. The lowest BCUT2D eigenvalue weighted by Crippen LogP contribution is -1.81. The van der Waals surface area contributed by atoms with Crippen molar-refractivity contribution in [2.45, 2.75) is 39.5 Å². The van der Waals surface area contributed by atoms with E-state index in [0.717, 1.165) is 19.4 Å². The normalized spacial score (nSPS) is 10.6. The summed E-state index contributed by atoms with van der Waals surface area (Å²) in [5, 5.41) is 0. The molecule has 0 saturated heterocycles. The molecule has 0 aliphatic carbocycles. The Morgan fingerprint density at radius 2 is 2.00 bits per heavy atom. The van der Waals surface area contributed by atoms with Crippen LogP contribution < -0.4 is 0 Å². The molecule has 0 bridgehead atoms. The molecule has 0 aromatic heterocycles. The number of allylic oxidation sites excluding steroid dienone is 1. The molecule has 0 N–H and O–H groups in total. The van der Waals surface area contributed by atoms with Gasteiger partial charge < -0.3 is 4.74 Å². The van der Waals surface area contributed by atoms with Crippen LogP contribution in [-0.4, -0.2) is 6.61 Å². The summed E-state index contributed by atoms with van der Waals surface area (Å²) in [4.78, 5) is 0. The van der Waals surface area contributed by atoms with Gasteiger partial charge in [-0.1, -0.05) is 20.3 Å². The zero-order chi connectivity index (χ0) is 7.66. The smallest absolute Gasteiger partial charge is 0.0870 e. The molecule has 1 nitrogen and oxygen atoms in total. The Kier molecular flexibility index (Phi) is 8.15. The Balaban J connectivity index is 2.89. The van der Waals surface area contributed by atoms with Crippen molar-refractivity contribution in [2.75, 3.05) is 6.61 Å². The second-order valence-corrected chi connectivity index (χ2v) is 2.38. The Morgan fingerprint density at radius 3 is 2.60 bits per heavy atom.